The van der Waals surface area contributed by atoms with Crippen LogP contribution in [0.15, 0.2) is 42.5 Å². The van der Waals surface area contributed by atoms with Gasteiger partial charge in [-0.3, -0.25) is 9.69 Å². The largest absolute Gasteiger partial charge is 0.497 e. The van der Waals surface area contributed by atoms with Crippen molar-refractivity contribution in [2.75, 3.05) is 34.0 Å². The monoisotopic (exact) mass is 370 g/mol. The molecule has 0 aromatic heterocycles. The predicted molar refractivity (Wildman–Crippen MR) is 103 cm³/mol. The standard InChI is InChI=1S/C21H26N2O4/c1-4-23(13-17-8-9-19-20(11-17)27-15-26-19)14-21(24)22(2)12-16-6-5-7-18(10-16)25-3/h5-11H,4,12-15H2,1-3H3. The van der Waals surface area contributed by atoms with Crippen molar-refractivity contribution in [2.45, 2.75) is 20.0 Å². The Hall–Kier alpha value is -2.73. The van der Waals surface area contributed by atoms with Crippen molar-refractivity contribution in [3.05, 3.63) is 53.6 Å². The molecule has 3 rings (SSSR count). The molecular formula is C21H26N2O4. The zero-order valence-corrected chi connectivity index (χ0v) is 16.1. The van der Waals surface area contributed by atoms with Crippen molar-refractivity contribution in [1.82, 2.24) is 9.80 Å². The molecule has 0 saturated heterocycles. The molecule has 1 amide bonds. The quantitative estimate of drug-likeness (QED) is 0.715. The zero-order chi connectivity index (χ0) is 19.2. The van der Waals surface area contributed by atoms with E-state index in [1.807, 2.05) is 49.5 Å². The van der Waals surface area contributed by atoms with E-state index in [-0.39, 0.29) is 12.7 Å². The first kappa shape index (κ1) is 19.0. The number of benzene rings is 2. The van der Waals surface area contributed by atoms with Crippen LogP contribution < -0.4 is 14.2 Å². The number of carbonyl (C=O) groups excluding carboxylic acids is 1. The number of methoxy groups -OCH3 is 1. The number of likely N-dealkylation sites (N-methyl/N-ethyl adjacent to an activating group) is 2. The van der Waals surface area contributed by atoms with Crippen molar-refractivity contribution in [1.29, 1.82) is 0 Å². The number of nitrogens with zero attached hydrogens (tertiary/aromatic N) is 2. The highest BCUT2D eigenvalue weighted by molar-refractivity contribution is 5.78. The summed E-state index contributed by atoms with van der Waals surface area (Å²) in [6, 6.07) is 13.7. The zero-order valence-electron chi connectivity index (χ0n) is 16.1. The highest BCUT2D eigenvalue weighted by Crippen LogP contribution is 2.32. The number of hydrogen-bond acceptors (Lipinski definition) is 5. The first-order valence-corrected chi connectivity index (χ1v) is 9.06. The van der Waals surface area contributed by atoms with Crippen LogP contribution in [0.1, 0.15) is 18.1 Å². The van der Waals surface area contributed by atoms with Crippen LogP contribution in [0.25, 0.3) is 0 Å². The molecule has 0 radical (unpaired) electrons. The van der Waals surface area contributed by atoms with Gasteiger partial charge in [-0.1, -0.05) is 25.1 Å². The molecule has 0 fully saturated rings. The molecule has 0 bridgehead atoms. The number of amides is 1. The Kier molecular flexibility index (Phi) is 6.19. The topological polar surface area (TPSA) is 51.2 Å². The minimum Gasteiger partial charge on any atom is -0.497 e. The van der Waals surface area contributed by atoms with Crippen molar-refractivity contribution < 1.29 is 19.0 Å². The predicted octanol–water partition coefficient (Wildman–Crippen LogP) is 2.90. The van der Waals surface area contributed by atoms with Gasteiger partial charge in [-0.15, -0.1) is 0 Å². The summed E-state index contributed by atoms with van der Waals surface area (Å²) in [5.74, 6) is 2.42. The molecule has 2 aromatic rings. The second-order valence-corrected chi connectivity index (χ2v) is 6.59. The molecule has 6 heteroatoms. The van der Waals surface area contributed by atoms with E-state index in [1.54, 1.807) is 12.0 Å². The third-order valence-corrected chi connectivity index (χ3v) is 4.63. The molecule has 1 heterocycles. The van der Waals surface area contributed by atoms with Gasteiger partial charge in [0.1, 0.15) is 5.75 Å². The maximum atomic E-state index is 12.7. The molecule has 0 atom stereocenters. The number of fused-ring (bicyclic) bond motifs is 1. The fourth-order valence-corrected chi connectivity index (χ4v) is 3.02. The molecule has 1 aliphatic heterocycles. The van der Waals surface area contributed by atoms with Crippen LogP contribution in [0.5, 0.6) is 17.2 Å². The van der Waals surface area contributed by atoms with E-state index in [4.69, 9.17) is 14.2 Å². The first-order chi connectivity index (χ1) is 13.1. The Labute approximate surface area is 160 Å². The molecule has 0 N–H and O–H groups in total. The number of ether oxygens (including phenoxy) is 3. The lowest BCUT2D eigenvalue weighted by Gasteiger charge is -2.24. The van der Waals surface area contributed by atoms with Crippen LogP contribution in [0.4, 0.5) is 0 Å². The molecule has 2 aromatic carbocycles. The third kappa shape index (κ3) is 4.92. The summed E-state index contributed by atoms with van der Waals surface area (Å²) in [4.78, 5) is 16.5. The maximum Gasteiger partial charge on any atom is 0.236 e. The Morgan fingerprint density at radius 2 is 1.85 bits per heavy atom. The highest BCUT2D eigenvalue weighted by atomic mass is 16.7. The third-order valence-electron chi connectivity index (χ3n) is 4.63. The van der Waals surface area contributed by atoms with Crippen LogP contribution in [0.3, 0.4) is 0 Å². The van der Waals surface area contributed by atoms with Crippen molar-refractivity contribution >= 4 is 5.91 Å². The molecule has 6 nitrogen and oxygen atoms in total. The minimum atomic E-state index is 0.0837. The fourth-order valence-electron chi connectivity index (χ4n) is 3.02. The van der Waals surface area contributed by atoms with Crippen molar-refractivity contribution in [3.63, 3.8) is 0 Å². The molecule has 0 unspecified atom stereocenters. The summed E-state index contributed by atoms with van der Waals surface area (Å²) in [5, 5.41) is 0. The summed E-state index contributed by atoms with van der Waals surface area (Å²) < 4.78 is 16.0. The van der Waals surface area contributed by atoms with Gasteiger partial charge in [-0.25, -0.2) is 0 Å². The SMILES string of the molecule is CCN(CC(=O)N(C)Cc1cccc(OC)c1)Cc1ccc2c(c1)OCO2. The van der Waals surface area contributed by atoms with E-state index in [0.29, 0.717) is 19.6 Å². The van der Waals surface area contributed by atoms with Gasteiger partial charge in [0.25, 0.3) is 0 Å². The summed E-state index contributed by atoms with van der Waals surface area (Å²) in [6.45, 7) is 4.72. The van der Waals surface area contributed by atoms with E-state index in [9.17, 15) is 4.79 Å². The normalized spacial score (nSPS) is 12.3. The molecule has 0 saturated carbocycles. The molecule has 0 spiro atoms. The fraction of sp³-hybridized carbons (Fsp3) is 0.381. The smallest absolute Gasteiger partial charge is 0.236 e. The Morgan fingerprint density at radius 1 is 1.07 bits per heavy atom. The van der Waals surface area contributed by atoms with Gasteiger partial charge < -0.3 is 19.1 Å². The number of hydrogen-bond donors (Lipinski definition) is 0. The molecule has 1 aliphatic rings. The number of rotatable bonds is 8. The summed E-state index contributed by atoms with van der Waals surface area (Å²) in [6.07, 6.45) is 0. The Morgan fingerprint density at radius 3 is 2.63 bits per heavy atom. The summed E-state index contributed by atoms with van der Waals surface area (Å²) >= 11 is 0. The first-order valence-electron chi connectivity index (χ1n) is 9.06. The second-order valence-electron chi connectivity index (χ2n) is 6.59. The summed E-state index contributed by atoms with van der Waals surface area (Å²) in [5.41, 5.74) is 2.15. The highest BCUT2D eigenvalue weighted by Gasteiger charge is 2.17. The van der Waals surface area contributed by atoms with Crippen LogP contribution in [0, 0.1) is 0 Å². The average molecular weight is 370 g/mol. The lowest BCUT2D eigenvalue weighted by atomic mass is 10.2. The van der Waals surface area contributed by atoms with Gasteiger partial charge in [-0.05, 0) is 41.9 Å². The lowest BCUT2D eigenvalue weighted by molar-refractivity contribution is -0.131. The van der Waals surface area contributed by atoms with Crippen LogP contribution >= 0.6 is 0 Å². The molecule has 144 valence electrons. The van der Waals surface area contributed by atoms with Gasteiger partial charge in [0, 0.05) is 20.1 Å². The van der Waals surface area contributed by atoms with E-state index in [2.05, 4.69) is 11.8 Å². The van der Waals surface area contributed by atoms with Crippen LogP contribution in [-0.2, 0) is 17.9 Å². The van der Waals surface area contributed by atoms with Gasteiger partial charge in [0.05, 0.1) is 13.7 Å². The molecular weight excluding hydrogens is 344 g/mol. The lowest BCUT2D eigenvalue weighted by Crippen LogP contribution is -2.37. The van der Waals surface area contributed by atoms with E-state index in [0.717, 1.165) is 34.9 Å². The van der Waals surface area contributed by atoms with Gasteiger partial charge in [0.2, 0.25) is 12.7 Å². The maximum absolute atomic E-state index is 12.7. The van der Waals surface area contributed by atoms with Crippen LogP contribution in [0.2, 0.25) is 0 Å². The van der Waals surface area contributed by atoms with E-state index < -0.39 is 0 Å². The van der Waals surface area contributed by atoms with E-state index >= 15 is 0 Å². The second kappa shape index (κ2) is 8.77. The average Bonchev–Trinajstić information content (AvgIpc) is 3.15. The number of carbonyl (C=O) groups is 1. The van der Waals surface area contributed by atoms with Gasteiger partial charge in [-0.2, -0.15) is 0 Å². The van der Waals surface area contributed by atoms with E-state index in [1.165, 1.54) is 0 Å². The molecule has 0 aliphatic carbocycles. The van der Waals surface area contributed by atoms with Gasteiger partial charge >= 0.3 is 0 Å². The Bertz CT molecular complexity index is 794. The minimum absolute atomic E-state index is 0.0837. The van der Waals surface area contributed by atoms with Crippen LogP contribution in [-0.4, -0.2) is 49.7 Å². The Balaban J connectivity index is 1.57. The van der Waals surface area contributed by atoms with Crippen molar-refractivity contribution in [3.8, 4) is 17.2 Å². The molecule has 27 heavy (non-hydrogen) atoms. The van der Waals surface area contributed by atoms with Crippen molar-refractivity contribution in [2.24, 2.45) is 0 Å². The summed E-state index contributed by atoms with van der Waals surface area (Å²) in [7, 11) is 3.47. The van der Waals surface area contributed by atoms with Gasteiger partial charge in [0.15, 0.2) is 11.5 Å².